The zero-order valence-corrected chi connectivity index (χ0v) is 12.0. The van der Waals surface area contributed by atoms with Gasteiger partial charge in [-0.2, -0.15) is 0 Å². The Morgan fingerprint density at radius 2 is 2.10 bits per heavy atom. The van der Waals surface area contributed by atoms with E-state index in [1.54, 1.807) is 12.1 Å². The van der Waals surface area contributed by atoms with Crippen molar-refractivity contribution in [3.05, 3.63) is 68.7 Å². The first-order valence-electron chi connectivity index (χ1n) is 6.23. The third kappa shape index (κ3) is 3.79. The molecule has 0 aromatic heterocycles. The number of nitro benzene ring substituents is 1. The molecule has 0 aliphatic rings. The van der Waals surface area contributed by atoms with Gasteiger partial charge in [-0.15, -0.1) is 0 Å². The lowest BCUT2D eigenvalue weighted by molar-refractivity contribution is -0.384. The molecule has 1 N–H and O–H groups in total. The van der Waals surface area contributed by atoms with Crippen LogP contribution in [0.4, 0.5) is 5.69 Å². The van der Waals surface area contributed by atoms with E-state index in [1.807, 2.05) is 19.1 Å². The summed E-state index contributed by atoms with van der Waals surface area (Å²) >= 11 is 5.92. The van der Waals surface area contributed by atoms with Gasteiger partial charge < -0.3 is 5.11 Å². The molecule has 2 aromatic rings. The van der Waals surface area contributed by atoms with Crippen molar-refractivity contribution in [2.75, 3.05) is 0 Å². The van der Waals surface area contributed by atoms with Crippen LogP contribution in [0.2, 0.25) is 5.02 Å². The molecule has 6 heteroatoms. The Labute approximate surface area is 126 Å². The standard InChI is InChI=1S/C15H13ClN2O3/c1-10(11-3-2-4-13(16)7-11)17-9-12-8-14(18(20)21)5-6-15(12)19/h2-10,19H,1H3/t10-/m0/s1. The SMILES string of the molecule is C[C@H](N=Cc1cc([N+](=O)[O-])ccc1O)c1cccc(Cl)c1. The quantitative estimate of drug-likeness (QED) is 0.524. The first-order chi connectivity index (χ1) is 9.97. The van der Waals surface area contributed by atoms with Crippen molar-refractivity contribution in [1.82, 2.24) is 0 Å². The fourth-order valence-corrected chi connectivity index (χ4v) is 2.00. The van der Waals surface area contributed by atoms with E-state index in [1.165, 1.54) is 24.4 Å². The average molecular weight is 305 g/mol. The molecule has 2 rings (SSSR count). The van der Waals surface area contributed by atoms with Crippen LogP contribution in [0.25, 0.3) is 0 Å². The molecule has 2 aromatic carbocycles. The summed E-state index contributed by atoms with van der Waals surface area (Å²) in [5, 5.41) is 21.1. The van der Waals surface area contributed by atoms with Crippen LogP contribution in [-0.4, -0.2) is 16.2 Å². The highest BCUT2D eigenvalue weighted by atomic mass is 35.5. The number of benzene rings is 2. The van der Waals surface area contributed by atoms with Crippen molar-refractivity contribution in [1.29, 1.82) is 0 Å². The molecule has 0 fully saturated rings. The van der Waals surface area contributed by atoms with Crippen molar-refractivity contribution in [3.8, 4) is 5.75 Å². The highest BCUT2D eigenvalue weighted by Crippen LogP contribution is 2.24. The van der Waals surface area contributed by atoms with Gasteiger partial charge in [-0.25, -0.2) is 0 Å². The van der Waals surface area contributed by atoms with Gasteiger partial charge in [0.25, 0.3) is 5.69 Å². The van der Waals surface area contributed by atoms with E-state index in [4.69, 9.17) is 11.6 Å². The van der Waals surface area contributed by atoms with Crippen LogP contribution < -0.4 is 0 Å². The van der Waals surface area contributed by atoms with Crippen LogP contribution in [0.1, 0.15) is 24.1 Å². The van der Waals surface area contributed by atoms with Gasteiger partial charge in [-0.1, -0.05) is 23.7 Å². The number of halogens is 1. The molecule has 0 heterocycles. The van der Waals surface area contributed by atoms with Crippen LogP contribution in [0.3, 0.4) is 0 Å². The first kappa shape index (κ1) is 15.0. The van der Waals surface area contributed by atoms with E-state index >= 15 is 0 Å². The highest BCUT2D eigenvalue weighted by molar-refractivity contribution is 6.30. The van der Waals surface area contributed by atoms with Crippen LogP contribution in [0.5, 0.6) is 5.75 Å². The summed E-state index contributed by atoms with van der Waals surface area (Å²) < 4.78 is 0. The maximum atomic E-state index is 10.7. The number of non-ortho nitro benzene ring substituents is 1. The van der Waals surface area contributed by atoms with Crippen molar-refractivity contribution in [3.63, 3.8) is 0 Å². The molecule has 0 amide bonds. The molecule has 0 saturated carbocycles. The maximum Gasteiger partial charge on any atom is 0.270 e. The lowest BCUT2D eigenvalue weighted by Gasteiger charge is -2.07. The normalized spacial score (nSPS) is 12.5. The molecular formula is C15H13ClN2O3. The molecule has 0 aliphatic carbocycles. The zero-order valence-electron chi connectivity index (χ0n) is 11.2. The Kier molecular flexibility index (Phi) is 4.55. The molecule has 1 atom stereocenters. The second-order valence-corrected chi connectivity index (χ2v) is 4.95. The number of nitro groups is 1. The lowest BCUT2D eigenvalue weighted by Crippen LogP contribution is -1.93. The number of aromatic hydroxyl groups is 1. The van der Waals surface area contributed by atoms with Gasteiger partial charge in [0.05, 0.1) is 11.0 Å². The predicted octanol–water partition coefficient (Wildman–Crippen LogP) is 4.13. The summed E-state index contributed by atoms with van der Waals surface area (Å²) in [6, 6.07) is 10.9. The minimum atomic E-state index is -0.517. The summed E-state index contributed by atoms with van der Waals surface area (Å²) in [6.07, 6.45) is 1.42. The Morgan fingerprint density at radius 3 is 2.76 bits per heavy atom. The molecule has 0 saturated heterocycles. The number of nitrogens with zero attached hydrogens (tertiary/aromatic N) is 2. The van der Waals surface area contributed by atoms with Crippen molar-refractivity contribution in [2.24, 2.45) is 4.99 Å². The second kappa shape index (κ2) is 6.37. The largest absolute Gasteiger partial charge is 0.507 e. The molecule has 0 bridgehead atoms. The Bertz CT molecular complexity index is 701. The molecule has 0 unspecified atom stereocenters. The number of phenolic OH excluding ortho intramolecular Hbond substituents is 1. The predicted molar refractivity (Wildman–Crippen MR) is 82.2 cm³/mol. The van der Waals surface area contributed by atoms with E-state index in [9.17, 15) is 15.2 Å². The van der Waals surface area contributed by atoms with Gasteiger partial charge in [0.15, 0.2) is 0 Å². The number of aliphatic imine (C=N–C) groups is 1. The summed E-state index contributed by atoms with van der Waals surface area (Å²) in [7, 11) is 0. The fourth-order valence-electron chi connectivity index (χ4n) is 1.80. The summed E-state index contributed by atoms with van der Waals surface area (Å²) in [5.41, 5.74) is 1.13. The molecular weight excluding hydrogens is 292 g/mol. The fraction of sp³-hybridized carbons (Fsp3) is 0.133. The molecule has 108 valence electrons. The smallest absolute Gasteiger partial charge is 0.270 e. The van der Waals surface area contributed by atoms with Gasteiger partial charge in [0, 0.05) is 28.9 Å². The second-order valence-electron chi connectivity index (χ2n) is 4.51. The molecule has 21 heavy (non-hydrogen) atoms. The average Bonchev–Trinajstić information content (AvgIpc) is 2.45. The molecule has 0 spiro atoms. The number of rotatable bonds is 4. The zero-order chi connectivity index (χ0) is 15.4. The summed E-state index contributed by atoms with van der Waals surface area (Å²) in [4.78, 5) is 14.5. The van der Waals surface area contributed by atoms with E-state index < -0.39 is 4.92 Å². The van der Waals surface area contributed by atoms with Crippen LogP contribution >= 0.6 is 11.6 Å². The van der Waals surface area contributed by atoms with Gasteiger partial charge >= 0.3 is 0 Å². The summed E-state index contributed by atoms with van der Waals surface area (Å²) in [5.74, 6) is -0.0531. The maximum absolute atomic E-state index is 10.7. The van der Waals surface area contributed by atoms with Crippen LogP contribution in [0, 0.1) is 10.1 Å². The Balaban J connectivity index is 2.24. The van der Waals surface area contributed by atoms with E-state index in [2.05, 4.69) is 4.99 Å². The van der Waals surface area contributed by atoms with Crippen molar-refractivity contribution < 1.29 is 10.0 Å². The van der Waals surface area contributed by atoms with Crippen molar-refractivity contribution >= 4 is 23.5 Å². The van der Waals surface area contributed by atoms with E-state index in [0.29, 0.717) is 10.6 Å². The monoisotopic (exact) mass is 304 g/mol. The molecule has 0 radical (unpaired) electrons. The van der Waals surface area contributed by atoms with E-state index in [0.717, 1.165) is 5.56 Å². The van der Waals surface area contributed by atoms with Crippen LogP contribution in [0.15, 0.2) is 47.5 Å². The van der Waals surface area contributed by atoms with E-state index in [-0.39, 0.29) is 17.5 Å². The number of hydrogen-bond acceptors (Lipinski definition) is 4. The summed E-state index contributed by atoms with van der Waals surface area (Å²) in [6.45, 7) is 1.87. The van der Waals surface area contributed by atoms with Gasteiger partial charge in [-0.05, 0) is 30.7 Å². The number of hydrogen-bond donors (Lipinski definition) is 1. The minimum Gasteiger partial charge on any atom is -0.507 e. The third-order valence-corrected chi connectivity index (χ3v) is 3.23. The Morgan fingerprint density at radius 1 is 1.33 bits per heavy atom. The van der Waals surface area contributed by atoms with Gasteiger partial charge in [-0.3, -0.25) is 15.1 Å². The highest BCUT2D eigenvalue weighted by Gasteiger charge is 2.09. The first-order valence-corrected chi connectivity index (χ1v) is 6.61. The van der Waals surface area contributed by atoms with Crippen molar-refractivity contribution in [2.45, 2.75) is 13.0 Å². The minimum absolute atomic E-state index is 0.0531. The number of phenols is 1. The third-order valence-electron chi connectivity index (χ3n) is 2.99. The van der Waals surface area contributed by atoms with Gasteiger partial charge in [0.2, 0.25) is 0 Å². The molecule has 0 aliphatic heterocycles. The Hall–Kier alpha value is -2.40. The van der Waals surface area contributed by atoms with Crippen LogP contribution in [-0.2, 0) is 0 Å². The van der Waals surface area contributed by atoms with Gasteiger partial charge in [0.1, 0.15) is 5.75 Å². The molecule has 5 nitrogen and oxygen atoms in total. The lowest BCUT2D eigenvalue weighted by atomic mass is 10.1. The topological polar surface area (TPSA) is 75.7 Å².